The van der Waals surface area contributed by atoms with Gasteiger partial charge in [0.2, 0.25) is 0 Å². The first-order valence-electron chi connectivity index (χ1n) is 9.00. The molecule has 1 aliphatic carbocycles. The molecule has 1 aliphatic heterocycles. The van der Waals surface area contributed by atoms with Gasteiger partial charge in [0.15, 0.2) is 0 Å². The molecule has 0 aromatic rings. The van der Waals surface area contributed by atoms with Crippen molar-refractivity contribution >= 4 is 0 Å². The van der Waals surface area contributed by atoms with Crippen LogP contribution in [0.5, 0.6) is 0 Å². The second-order valence-electron chi connectivity index (χ2n) is 8.08. The van der Waals surface area contributed by atoms with Crippen LogP contribution in [0.2, 0.25) is 0 Å². The van der Waals surface area contributed by atoms with Crippen LogP contribution in [0, 0.1) is 5.41 Å². The van der Waals surface area contributed by atoms with Gasteiger partial charge in [-0.15, -0.1) is 0 Å². The highest BCUT2D eigenvalue weighted by atomic mass is 15.2. The molecule has 2 fully saturated rings. The molecule has 1 saturated carbocycles. The maximum Gasteiger partial charge on any atom is 0.0334 e. The van der Waals surface area contributed by atoms with Crippen LogP contribution in [0.15, 0.2) is 0 Å². The Morgan fingerprint density at radius 3 is 2.55 bits per heavy atom. The third kappa shape index (κ3) is 3.57. The zero-order chi connectivity index (χ0) is 14.6. The summed E-state index contributed by atoms with van der Waals surface area (Å²) in [5, 5.41) is 0. The van der Waals surface area contributed by atoms with E-state index in [0.717, 1.165) is 12.6 Å². The van der Waals surface area contributed by atoms with Crippen LogP contribution in [0.1, 0.15) is 85.0 Å². The van der Waals surface area contributed by atoms with E-state index in [0.29, 0.717) is 11.0 Å². The zero-order valence-electron chi connectivity index (χ0n) is 14.1. The summed E-state index contributed by atoms with van der Waals surface area (Å²) in [5.41, 5.74) is 7.18. The minimum absolute atomic E-state index is 0.314. The fourth-order valence-electron chi connectivity index (χ4n) is 4.58. The fraction of sp³-hybridized carbons (Fsp3) is 1.00. The summed E-state index contributed by atoms with van der Waals surface area (Å²) >= 11 is 0. The van der Waals surface area contributed by atoms with Gasteiger partial charge in [-0.25, -0.2) is 0 Å². The molecule has 2 nitrogen and oxygen atoms in total. The number of piperidine rings is 1. The van der Waals surface area contributed by atoms with Gasteiger partial charge in [-0.2, -0.15) is 0 Å². The van der Waals surface area contributed by atoms with Gasteiger partial charge in [-0.1, -0.05) is 40.0 Å². The first-order valence-corrected chi connectivity index (χ1v) is 9.00. The molecule has 2 unspecified atom stereocenters. The minimum Gasteiger partial charge on any atom is -0.329 e. The van der Waals surface area contributed by atoms with Gasteiger partial charge in [0, 0.05) is 18.1 Å². The molecule has 0 radical (unpaired) electrons. The maximum absolute atomic E-state index is 6.34. The van der Waals surface area contributed by atoms with Crippen molar-refractivity contribution in [2.45, 2.75) is 96.6 Å². The van der Waals surface area contributed by atoms with Gasteiger partial charge in [0.05, 0.1) is 0 Å². The van der Waals surface area contributed by atoms with Crippen LogP contribution < -0.4 is 5.73 Å². The van der Waals surface area contributed by atoms with E-state index in [1.807, 2.05) is 0 Å². The second-order valence-corrected chi connectivity index (χ2v) is 8.08. The van der Waals surface area contributed by atoms with Gasteiger partial charge < -0.3 is 5.73 Å². The van der Waals surface area contributed by atoms with Gasteiger partial charge in [0.25, 0.3) is 0 Å². The fourth-order valence-corrected chi connectivity index (χ4v) is 4.58. The molecular formula is C18H36N2. The quantitative estimate of drug-likeness (QED) is 0.777. The van der Waals surface area contributed by atoms with Crippen molar-refractivity contribution in [3.05, 3.63) is 0 Å². The van der Waals surface area contributed by atoms with Crippen LogP contribution in [0.25, 0.3) is 0 Å². The third-order valence-electron chi connectivity index (χ3n) is 6.00. The predicted molar refractivity (Wildman–Crippen MR) is 87.9 cm³/mol. The molecular weight excluding hydrogens is 244 g/mol. The highest BCUT2D eigenvalue weighted by Crippen LogP contribution is 2.42. The Balaban J connectivity index is 2.15. The van der Waals surface area contributed by atoms with Crippen LogP contribution in [-0.2, 0) is 0 Å². The molecule has 2 aliphatic rings. The first kappa shape index (κ1) is 16.3. The van der Waals surface area contributed by atoms with Crippen molar-refractivity contribution in [3.8, 4) is 0 Å². The molecule has 0 aromatic heterocycles. The molecule has 0 bridgehead atoms. The molecule has 0 spiro atoms. The predicted octanol–water partition coefficient (Wildman–Crippen LogP) is 4.33. The van der Waals surface area contributed by atoms with Crippen LogP contribution in [-0.4, -0.2) is 29.6 Å². The van der Waals surface area contributed by atoms with Crippen LogP contribution in [0.4, 0.5) is 0 Å². The number of hydrogen-bond acceptors (Lipinski definition) is 2. The Kier molecular flexibility index (Phi) is 5.53. The highest BCUT2D eigenvalue weighted by Gasteiger charge is 2.42. The van der Waals surface area contributed by atoms with E-state index in [1.165, 1.54) is 70.8 Å². The molecule has 118 valence electrons. The van der Waals surface area contributed by atoms with Gasteiger partial charge in [0.1, 0.15) is 0 Å². The molecule has 20 heavy (non-hydrogen) atoms. The number of rotatable bonds is 4. The van der Waals surface area contributed by atoms with Gasteiger partial charge in [-0.05, 0) is 56.9 Å². The molecule has 0 amide bonds. The van der Waals surface area contributed by atoms with Crippen molar-refractivity contribution < 1.29 is 0 Å². The third-order valence-corrected chi connectivity index (χ3v) is 6.00. The van der Waals surface area contributed by atoms with Gasteiger partial charge >= 0.3 is 0 Å². The number of nitrogens with two attached hydrogens (primary N) is 1. The Bertz CT molecular complexity index is 298. The lowest BCUT2D eigenvalue weighted by atomic mass is 9.81. The molecule has 0 aromatic carbocycles. The summed E-state index contributed by atoms with van der Waals surface area (Å²) in [4.78, 5) is 2.86. The Hall–Kier alpha value is -0.0800. The van der Waals surface area contributed by atoms with Crippen molar-refractivity contribution in [2.75, 3.05) is 13.1 Å². The lowest BCUT2D eigenvalue weighted by molar-refractivity contribution is 0.00585. The number of hydrogen-bond donors (Lipinski definition) is 1. The summed E-state index contributed by atoms with van der Waals surface area (Å²) < 4.78 is 0. The van der Waals surface area contributed by atoms with Crippen LogP contribution in [0.3, 0.4) is 0 Å². The first-order chi connectivity index (χ1) is 9.53. The van der Waals surface area contributed by atoms with E-state index in [1.54, 1.807) is 0 Å². The van der Waals surface area contributed by atoms with Crippen molar-refractivity contribution in [2.24, 2.45) is 11.1 Å². The lowest BCUT2D eigenvalue weighted by Gasteiger charge is -2.50. The SMILES string of the molecule is CCCC1CCCCN1C1(CN)CCCC(C)(C)CC1. The molecule has 2 rings (SSSR count). The van der Waals surface area contributed by atoms with E-state index in [2.05, 4.69) is 25.7 Å². The van der Waals surface area contributed by atoms with E-state index >= 15 is 0 Å². The zero-order valence-corrected chi connectivity index (χ0v) is 14.1. The van der Waals surface area contributed by atoms with Crippen LogP contribution >= 0.6 is 0 Å². The molecule has 2 heteroatoms. The normalized spacial score (nSPS) is 35.7. The monoisotopic (exact) mass is 280 g/mol. The topological polar surface area (TPSA) is 29.3 Å². The summed E-state index contributed by atoms with van der Waals surface area (Å²) in [7, 11) is 0. The molecule has 2 N–H and O–H groups in total. The minimum atomic E-state index is 0.314. The van der Waals surface area contributed by atoms with Crippen molar-refractivity contribution in [1.29, 1.82) is 0 Å². The summed E-state index contributed by atoms with van der Waals surface area (Å²) in [6, 6.07) is 0.804. The molecule has 2 atom stereocenters. The Labute approximate surface area is 126 Å². The highest BCUT2D eigenvalue weighted by molar-refractivity contribution is 4.99. The number of likely N-dealkylation sites (tertiary alicyclic amines) is 1. The average molecular weight is 280 g/mol. The smallest absolute Gasteiger partial charge is 0.0334 e. The Morgan fingerprint density at radius 2 is 1.85 bits per heavy atom. The average Bonchev–Trinajstić information content (AvgIpc) is 2.59. The molecule has 1 heterocycles. The summed E-state index contributed by atoms with van der Waals surface area (Å²) in [5.74, 6) is 0. The summed E-state index contributed by atoms with van der Waals surface area (Å²) in [6.45, 7) is 9.38. The van der Waals surface area contributed by atoms with Crippen molar-refractivity contribution in [3.63, 3.8) is 0 Å². The maximum atomic E-state index is 6.34. The van der Waals surface area contributed by atoms with Crippen molar-refractivity contribution in [1.82, 2.24) is 4.90 Å². The Morgan fingerprint density at radius 1 is 1.05 bits per heavy atom. The second kappa shape index (κ2) is 6.79. The van der Waals surface area contributed by atoms with E-state index in [-0.39, 0.29) is 0 Å². The summed E-state index contributed by atoms with van der Waals surface area (Å²) in [6.07, 6.45) is 13.6. The van der Waals surface area contributed by atoms with E-state index in [9.17, 15) is 0 Å². The van der Waals surface area contributed by atoms with E-state index < -0.39 is 0 Å². The molecule has 1 saturated heterocycles. The number of nitrogens with zero attached hydrogens (tertiary/aromatic N) is 1. The largest absolute Gasteiger partial charge is 0.329 e. The standard InChI is InChI=1S/C18H36N2/c1-4-8-16-9-5-6-14-20(16)18(15-19)11-7-10-17(2,3)12-13-18/h16H,4-15,19H2,1-3H3. The lowest BCUT2D eigenvalue weighted by Crippen LogP contribution is -2.59. The van der Waals surface area contributed by atoms with Gasteiger partial charge in [-0.3, -0.25) is 4.90 Å². The van der Waals surface area contributed by atoms with E-state index in [4.69, 9.17) is 5.73 Å².